The van der Waals surface area contributed by atoms with E-state index in [4.69, 9.17) is 0 Å². The number of hydrogen-bond acceptors (Lipinski definition) is 4. The molecule has 0 fully saturated rings. The summed E-state index contributed by atoms with van der Waals surface area (Å²) in [5.41, 5.74) is 0.362. The maximum absolute atomic E-state index is 14.5. The first-order valence-electron chi connectivity index (χ1n) is 9.78. The Balaban J connectivity index is 2.05. The average molecular weight is 419 g/mol. The van der Waals surface area contributed by atoms with Gasteiger partial charge in [0.25, 0.3) is 5.91 Å². The second kappa shape index (κ2) is 8.14. The number of carbonyl (C=O) groups excluding carboxylic acids is 2. The van der Waals surface area contributed by atoms with Crippen LogP contribution in [0, 0.1) is 17.0 Å². The highest BCUT2D eigenvalue weighted by Crippen LogP contribution is 2.29. The predicted molar refractivity (Wildman–Crippen MR) is 109 cm³/mol. The van der Waals surface area contributed by atoms with Crippen LogP contribution in [0.25, 0.3) is 11.4 Å². The number of carbonyl (C=O) groups is 2. The fraction of sp³-hybridized carbons (Fsp3) is 0.476. The smallest absolute Gasteiger partial charge is 0.272 e. The van der Waals surface area contributed by atoms with Gasteiger partial charge in [-0.3, -0.25) is 14.5 Å². The highest BCUT2D eigenvalue weighted by atomic mass is 19.1. The second-order valence-corrected chi connectivity index (χ2v) is 8.63. The topological polar surface area (TPSA) is 79.3 Å². The largest absolute Gasteiger partial charge is 0.357 e. The summed E-state index contributed by atoms with van der Waals surface area (Å²) >= 11 is 0. The molecule has 0 radical (unpaired) electrons. The lowest BCUT2D eigenvalue weighted by molar-refractivity contribution is -0.124. The maximum Gasteiger partial charge on any atom is 0.272 e. The number of rotatable bonds is 4. The minimum atomic E-state index is -0.778. The van der Waals surface area contributed by atoms with Gasteiger partial charge in [-0.2, -0.15) is 0 Å². The first-order valence-corrected chi connectivity index (χ1v) is 9.78. The molecular weight excluding hydrogens is 392 g/mol. The molecule has 0 saturated carbocycles. The summed E-state index contributed by atoms with van der Waals surface area (Å²) in [6.07, 6.45) is 0. The summed E-state index contributed by atoms with van der Waals surface area (Å²) in [5, 5.41) is 5.35. The molecular formula is C21H27F2N5O2. The third-order valence-electron chi connectivity index (χ3n) is 5.23. The molecule has 0 spiro atoms. The Morgan fingerprint density at radius 3 is 2.50 bits per heavy atom. The zero-order valence-electron chi connectivity index (χ0n) is 17.8. The van der Waals surface area contributed by atoms with Crippen molar-refractivity contribution in [2.45, 2.75) is 39.9 Å². The molecule has 0 aliphatic carbocycles. The van der Waals surface area contributed by atoms with Crippen molar-refractivity contribution in [2.75, 3.05) is 20.6 Å². The highest BCUT2D eigenvalue weighted by molar-refractivity contribution is 5.97. The molecule has 1 aromatic heterocycles. The molecule has 2 aromatic rings. The molecule has 1 aliphatic rings. The molecule has 0 saturated heterocycles. The van der Waals surface area contributed by atoms with Gasteiger partial charge in [0.2, 0.25) is 5.91 Å². The van der Waals surface area contributed by atoms with E-state index in [2.05, 4.69) is 15.6 Å². The summed E-state index contributed by atoms with van der Waals surface area (Å²) in [7, 11) is 3.43. The number of fused-ring (bicyclic) bond motifs is 1. The van der Waals surface area contributed by atoms with Gasteiger partial charge < -0.3 is 15.2 Å². The first-order chi connectivity index (χ1) is 14.0. The number of benzene rings is 1. The van der Waals surface area contributed by atoms with Crippen LogP contribution in [-0.2, 0) is 17.9 Å². The van der Waals surface area contributed by atoms with E-state index in [0.717, 1.165) is 12.1 Å². The number of aromatic nitrogens is 2. The van der Waals surface area contributed by atoms with E-state index >= 15 is 0 Å². The number of amides is 2. The lowest BCUT2D eigenvalue weighted by atomic mass is 9.86. The second-order valence-electron chi connectivity index (χ2n) is 8.63. The fourth-order valence-corrected chi connectivity index (χ4v) is 3.57. The first kappa shape index (κ1) is 21.9. The zero-order valence-corrected chi connectivity index (χ0v) is 17.8. The van der Waals surface area contributed by atoms with Crippen LogP contribution in [-0.4, -0.2) is 52.9 Å². The van der Waals surface area contributed by atoms with Crippen molar-refractivity contribution in [3.8, 4) is 11.4 Å². The summed E-state index contributed by atoms with van der Waals surface area (Å²) in [4.78, 5) is 31.9. The highest BCUT2D eigenvalue weighted by Gasteiger charge is 2.35. The summed E-state index contributed by atoms with van der Waals surface area (Å²) in [6.45, 7) is 7.20. The Morgan fingerprint density at radius 2 is 1.90 bits per heavy atom. The van der Waals surface area contributed by atoms with E-state index in [1.165, 1.54) is 13.1 Å². The SMILES string of the molecule is CNC(=O)[C@@H](NC(=O)c1nc(-c2ccc(F)cc2F)n2c1CN(C)CC2)C(C)(C)C. The molecule has 0 unspecified atom stereocenters. The lowest BCUT2D eigenvalue weighted by Crippen LogP contribution is -2.53. The van der Waals surface area contributed by atoms with Crippen molar-refractivity contribution in [1.82, 2.24) is 25.1 Å². The van der Waals surface area contributed by atoms with Crippen LogP contribution in [0.4, 0.5) is 8.78 Å². The molecule has 3 rings (SSSR count). The minimum absolute atomic E-state index is 0.125. The van der Waals surface area contributed by atoms with Crippen molar-refractivity contribution in [1.29, 1.82) is 0 Å². The van der Waals surface area contributed by atoms with E-state index in [-0.39, 0.29) is 23.0 Å². The van der Waals surface area contributed by atoms with Gasteiger partial charge in [0.1, 0.15) is 23.5 Å². The molecule has 1 aromatic carbocycles. The number of imidazole rings is 1. The maximum atomic E-state index is 14.5. The summed E-state index contributed by atoms with van der Waals surface area (Å²) < 4.78 is 29.6. The lowest BCUT2D eigenvalue weighted by Gasteiger charge is -2.30. The molecule has 1 atom stereocenters. The molecule has 0 bridgehead atoms. The van der Waals surface area contributed by atoms with Crippen molar-refractivity contribution in [3.63, 3.8) is 0 Å². The van der Waals surface area contributed by atoms with E-state index < -0.39 is 29.0 Å². The predicted octanol–water partition coefficient (Wildman–Crippen LogP) is 2.16. The van der Waals surface area contributed by atoms with E-state index in [1.807, 2.05) is 32.7 Å². The molecule has 2 heterocycles. The van der Waals surface area contributed by atoms with E-state index in [0.29, 0.717) is 25.3 Å². The van der Waals surface area contributed by atoms with Gasteiger partial charge in [0.05, 0.1) is 11.3 Å². The molecule has 162 valence electrons. The Kier molecular flexibility index (Phi) is 5.94. The zero-order chi connectivity index (χ0) is 22.2. The minimum Gasteiger partial charge on any atom is -0.357 e. The third kappa shape index (κ3) is 4.21. The van der Waals surface area contributed by atoms with Crippen LogP contribution in [0.5, 0.6) is 0 Å². The van der Waals surface area contributed by atoms with Crippen LogP contribution < -0.4 is 10.6 Å². The molecule has 2 N–H and O–H groups in total. The van der Waals surface area contributed by atoms with Gasteiger partial charge in [-0.05, 0) is 24.6 Å². The van der Waals surface area contributed by atoms with Gasteiger partial charge >= 0.3 is 0 Å². The van der Waals surface area contributed by atoms with Gasteiger partial charge in [0.15, 0.2) is 5.69 Å². The van der Waals surface area contributed by atoms with E-state index in [9.17, 15) is 18.4 Å². The standard InChI is InChI=1S/C21H27F2N5O2/c1-21(2,3)17(20(30)24-4)26-19(29)16-15-11-27(5)8-9-28(15)18(25-16)13-7-6-12(22)10-14(13)23/h6-7,10,17H,8-9,11H2,1-5H3,(H,24,30)(H,26,29)/t17-/m1/s1. The third-order valence-corrected chi connectivity index (χ3v) is 5.23. The van der Waals surface area contributed by atoms with Gasteiger partial charge in [-0.15, -0.1) is 0 Å². The van der Waals surface area contributed by atoms with Gasteiger partial charge in [-0.25, -0.2) is 13.8 Å². The molecule has 7 nitrogen and oxygen atoms in total. The summed E-state index contributed by atoms with van der Waals surface area (Å²) in [5.74, 6) is -1.98. The number of hydrogen-bond donors (Lipinski definition) is 2. The number of likely N-dealkylation sites (N-methyl/N-ethyl adjacent to an activating group) is 2. The quantitative estimate of drug-likeness (QED) is 0.796. The summed E-state index contributed by atoms with van der Waals surface area (Å²) in [6, 6.07) is 2.51. The monoisotopic (exact) mass is 419 g/mol. The van der Waals surface area contributed by atoms with Crippen molar-refractivity contribution in [3.05, 3.63) is 41.2 Å². The van der Waals surface area contributed by atoms with Crippen molar-refractivity contribution < 1.29 is 18.4 Å². The van der Waals surface area contributed by atoms with Crippen LogP contribution in [0.2, 0.25) is 0 Å². The van der Waals surface area contributed by atoms with E-state index in [1.54, 1.807) is 4.57 Å². The Labute approximate surface area is 174 Å². The average Bonchev–Trinajstić information content (AvgIpc) is 3.03. The molecule has 1 aliphatic heterocycles. The number of nitrogens with one attached hydrogen (secondary N) is 2. The fourth-order valence-electron chi connectivity index (χ4n) is 3.57. The van der Waals surface area contributed by atoms with Crippen molar-refractivity contribution in [2.24, 2.45) is 5.41 Å². The number of nitrogens with zero attached hydrogens (tertiary/aromatic N) is 3. The Hall–Kier alpha value is -2.81. The Morgan fingerprint density at radius 1 is 1.20 bits per heavy atom. The van der Waals surface area contributed by atoms with Crippen LogP contribution >= 0.6 is 0 Å². The van der Waals surface area contributed by atoms with Gasteiger partial charge in [0, 0.05) is 32.7 Å². The van der Waals surface area contributed by atoms with Crippen LogP contribution in [0.3, 0.4) is 0 Å². The molecule has 30 heavy (non-hydrogen) atoms. The van der Waals surface area contributed by atoms with Crippen molar-refractivity contribution >= 4 is 11.8 Å². The molecule has 9 heteroatoms. The number of halogens is 2. The van der Waals surface area contributed by atoms with Crippen LogP contribution in [0.15, 0.2) is 18.2 Å². The van der Waals surface area contributed by atoms with Gasteiger partial charge in [-0.1, -0.05) is 20.8 Å². The normalized spacial score (nSPS) is 15.4. The molecule has 2 amide bonds. The van der Waals surface area contributed by atoms with Crippen LogP contribution in [0.1, 0.15) is 37.0 Å². The Bertz CT molecular complexity index is 981.